The highest BCUT2D eigenvalue weighted by Gasteiger charge is 2.34. The fourth-order valence-corrected chi connectivity index (χ4v) is 1.82. The number of aromatic nitrogens is 2. The smallest absolute Gasteiger partial charge is 0.269 e. The van der Waals surface area contributed by atoms with Crippen LogP contribution in [0.2, 0.25) is 0 Å². The molecular formula is C11H16N6O2. The van der Waals surface area contributed by atoms with Gasteiger partial charge in [0.05, 0.1) is 0 Å². The third-order valence-corrected chi connectivity index (χ3v) is 2.94. The first kappa shape index (κ1) is 13.1. The zero-order chi connectivity index (χ0) is 14.2. The zero-order valence-electron chi connectivity index (χ0n) is 11.0. The number of amides is 2. The predicted molar refractivity (Wildman–Crippen MR) is 70.3 cm³/mol. The second-order valence-electron chi connectivity index (χ2n) is 4.56. The average Bonchev–Trinajstić information content (AvgIpc) is 2.70. The maximum Gasteiger partial charge on any atom is 0.269 e. The summed E-state index contributed by atoms with van der Waals surface area (Å²) in [6, 6.07) is 0. The Hall–Kier alpha value is -2.38. The number of primary amides is 1. The molecule has 0 saturated carbocycles. The molecule has 8 nitrogen and oxygen atoms in total. The lowest BCUT2D eigenvalue weighted by Crippen LogP contribution is -2.42. The van der Waals surface area contributed by atoms with Gasteiger partial charge in [0, 0.05) is 6.92 Å². The normalized spacial score (nSPS) is 21.1. The van der Waals surface area contributed by atoms with E-state index in [4.69, 9.17) is 5.73 Å². The molecule has 1 aliphatic heterocycles. The maximum absolute atomic E-state index is 11.5. The lowest BCUT2D eigenvalue weighted by molar-refractivity contribution is -0.115. The van der Waals surface area contributed by atoms with Gasteiger partial charge in [-0.25, -0.2) is 14.7 Å². The second-order valence-corrected chi connectivity index (χ2v) is 4.56. The average molecular weight is 264 g/mol. The standard InChI is InChI=1S/C11H16N6O2/c1-4-11(3)14-7(9(12)19)8-10(15-11)17(5-13-8)16-6(2)18/h5,15H,4H2,1-3H3,(H2,12,19)(H,16,18). The maximum atomic E-state index is 11.5. The molecule has 1 unspecified atom stereocenters. The topological polar surface area (TPSA) is 114 Å². The van der Waals surface area contributed by atoms with E-state index in [0.29, 0.717) is 17.9 Å². The van der Waals surface area contributed by atoms with Crippen LogP contribution in [0.4, 0.5) is 5.82 Å². The predicted octanol–water partition coefficient (Wildman–Crippen LogP) is -0.201. The summed E-state index contributed by atoms with van der Waals surface area (Å²) in [6.07, 6.45) is 2.05. The van der Waals surface area contributed by atoms with E-state index in [-0.39, 0.29) is 11.6 Å². The number of anilines is 1. The summed E-state index contributed by atoms with van der Waals surface area (Å²) in [5, 5.41) is 3.15. The Morgan fingerprint density at radius 3 is 2.79 bits per heavy atom. The van der Waals surface area contributed by atoms with E-state index >= 15 is 0 Å². The Kier molecular flexibility index (Phi) is 3.01. The van der Waals surface area contributed by atoms with Crippen LogP contribution < -0.4 is 16.5 Å². The van der Waals surface area contributed by atoms with Crippen LogP contribution in [0.15, 0.2) is 11.3 Å². The van der Waals surface area contributed by atoms with E-state index in [0.717, 1.165) is 0 Å². The number of nitrogens with one attached hydrogen (secondary N) is 2. The van der Waals surface area contributed by atoms with Crippen molar-refractivity contribution in [3.8, 4) is 0 Å². The molecule has 2 heterocycles. The van der Waals surface area contributed by atoms with E-state index < -0.39 is 11.6 Å². The Balaban J connectivity index is 2.52. The van der Waals surface area contributed by atoms with Gasteiger partial charge in [0.25, 0.3) is 5.91 Å². The Labute approximate surface area is 110 Å². The molecule has 102 valence electrons. The van der Waals surface area contributed by atoms with Gasteiger partial charge in [-0.15, -0.1) is 0 Å². The summed E-state index contributed by atoms with van der Waals surface area (Å²) >= 11 is 0. The van der Waals surface area contributed by atoms with Gasteiger partial charge in [-0.2, -0.15) is 0 Å². The number of carbonyl (C=O) groups excluding carboxylic acids is 2. The number of fused-ring (bicyclic) bond motifs is 1. The van der Waals surface area contributed by atoms with Crippen molar-refractivity contribution in [1.29, 1.82) is 0 Å². The van der Waals surface area contributed by atoms with E-state index in [9.17, 15) is 9.59 Å². The molecule has 1 aromatic rings. The molecule has 1 aliphatic rings. The van der Waals surface area contributed by atoms with Crippen LogP contribution in [-0.2, 0) is 9.59 Å². The van der Waals surface area contributed by atoms with Gasteiger partial charge in [-0.3, -0.25) is 15.0 Å². The summed E-state index contributed by atoms with van der Waals surface area (Å²) in [7, 11) is 0. The highest BCUT2D eigenvalue weighted by atomic mass is 16.2. The molecule has 0 bridgehead atoms. The third kappa shape index (κ3) is 2.28. The Bertz CT molecular complexity index is 576. The molecule has 0 aliphatic carbocycles. The van der Waals surface area contributed by atoms with Gasteiger partial charge in [-0.05, 0) is 13.3 Å². The molecule has 0 radical (unpaired) electrons. The highest BCUT2D eigenvalue weighted by molar-refractivity contribution is 6.45. The highest BCUT2D eigenvalue weighted by Crippen LogP contribution is 2.28. The summed E-state index contributed by atoms with van der Waals surface area (Å²) in [5.74, 6) is -0.387. The molecule has 1 atom stereocenters. The van der Waals surface area contributed by atoms with Crippen LogP contribution in [0, 0.1) is 0 Å². The lowest BCUT2D eigenvalue weighted by atomic mass is 10.1. The van der Waals surface area contributed by atoms with Gasteiger partial charge < -0.3 is 11.1 Å². The molecule has 0 fully saturated rings. The summed E-state index contributed by atoms with van der Waals surface area (Å²) in [4.78, 5) is 31.0. The minimum Gasteiger partial charge on any atom is -0.364 e. The lowest BCUT2D eigenvalue weighted by Gasteiger charge is -2.31. The van der Waals surface area contributed by atoms with E-state index in [2.05, 4.69) is 20.7 Å². The largest absolute Gasteiger partial charge is 0.364 e. The first-order chi connectivity index (χ1) is 8.86. The van der Waals surface area contributed by atoms with Gasteiger partial charge in [0.2, 0.25) is 5.91 Å². The van der Waals surface area contributed by atoms with Crippen molar-refractivity contribution in [2.75, 3.05) is 10.7 Å². The molecule has 8 heteroatoms. The number of rotatable bonds is 3. The number of hydrogen-bond acceptors (Lipinski definition) is 5. The van der Waals surface area contributed by atoms with Crippen molar-refractivity contribution in [2.24, 2.45) is 10.7 Å². The van der Waals surface area contributed by atoms with Crippen LogP contribution in [0.3, 0.4) is 0 Å². The van der Waals surface area contributed by atoms with Gasteiger partial charge >= 0.3 is 0 Å². The Morgan fingerprint density at radius 2 is 2.26 bits per heavy atom. The van der Waals surface area contributed by atoms with E-state index in [1.54, 1.807) is 0 Å². The van der Waals surface area contributed by atoms with Crippen LogP contribution in [0.1, 0.15) is 32.9 Å². The summed E-state index contributed by atoms with van der Waals surface area (Å²) in [6.45, 7) is 5.15. The molecule has 2 amide bonds. The van der Waals surface area contributed by atoms with E-state index in [1.165, 1.54) is 17.9 Å². The molecule has 19 heavy (non-hydrogen) atoms. The van der Waals surface area contributed by atoms with Crippen molar-refractivity contribution in [3.05, 3.63) is 12.0 Å². The molecule has 0 aromatic carbocycles. The molecular weight excluding hydrogens is 248 g/mol. The molecule has 4 N–H and O–H groups in total. The van der Waals surface area contributed by atoms with Crippen molar-refractivity contribution < 1.29 is 9.59 Å². The molecule has 1 aromatic heterocycles. The van der Waals surface area contributed by atoms with Crippen LogP contribution >= 0.6 is 0 Å². The third-order valence-electron chi connectivity index (χ3n) is 2.94. The number of aliphatic imine (C=N–C) groups is 1. The SMILES string of the molecule is CCC1(C)N=C(C(N)=O)c2ncn(NC(C)=O)c2N1. The fraction of sp³-hybridized carbons (Fsp3) is 0.455. The van der Waals surface area contributed by atoms with Gasteiger partial charge in [0.15, 0.2) is 11.5 Å². The fourth-order valence-electron chi connectivity index (χ4n) is 1.82. The van der Waals surface area contributed by atoms with Crippen LogP contribution in [-0.4, -0.2) is 32.8 Å². The van der Waals surface area contributed by atoms with Crippen molar-refractivity contribution in [3.63, 3.8) is 0 Å². The number of nitrogens with two attached hydrogens (primary N) is 1. The molecule has 0 saturated heterocycles. The zero-order valence-corrected chi connectivity index (χ0v) is 11.0. The number of carbonyl (C=O) groups is 2. The molecule has 2 rings (SSSR count). The quantitative estimate of drug-likeness (QED) is 0.701. The van der Waals surface area contributed by atoms with Crippen molar-refractivity contribution in [1.82, 2.24) is 9.66 Å². The van der Waals surface area contributed by atoms with E-state index in [1.807, 2.05) is 13.8 Å². The van der Waals surface area contributed by atoms with Crippen molar-refractivity contribution in [2.45, 2.75) is 32.9 Å². The van der Waals surface area contributed by atoms with Gasteiger partial charge in [0.1, 0.15) is 17.7 Å². The number of hydrogen-bond donors (Lipinski definition) is 3. The Morgan fingerprint density at radius 1 is 1.58 bits per heavy atom. The van der Waals surface area contributed by atoms with Crippen molar-refractivity contribution >= 4 is 23.3 Å². The molecule has 0 spiro atoms. The minimum absolute atomic E-state index is 0.113. The summed E-state index contributed by atoms with van der Waals surface area (Å²) in [5.41, 5.74) is 7.71. The van der Waals surface area contributed by atoms with Gasteiger partial charge in [-0.1, -0.05) is 6.92 Å². The van der Waals surface area contributed by atoms with Crippen LogP contribution in [0.25, 0.3) is 0 Å². The minimum atomic E-state index is -0.659. The first-order valence-electron chi connectivity index (χ1n) is 5.89. The first-order valence-corrected chi connectivity index (χ1v) is 5.89. The second kappa shape index (κ2) is 4.38. The monoisotopic (exact) mass is 264 g/mol. The number of nitrogens with zero attached hydrogens (tertiary/aromatic N) is 3. The summed E-state index contributed by atoms with van der Waals surface area (Å²) < 4.78 is 1.42. The van der Waals surface area contributed by atoms with Crippen LogP contribution in [0.5, 0.6) is 0 Å². The number of imidazole rings is 1.